The average Bonchev–Trinajstić information content (AvgIpc) is 3.04. The van der Waals surface area contributed by atoms with E-state index in [0.29, 0.717) is 0 Å². The van der Waals surface area contributed by atoms with E-state index in [2.05, 4.69) is 140 Å². The first-order valence-electron chi connectivity index (χ1n) is 13.6. The molecule has 2 heterocycles. The Morgan fingerprint density at radius 2 is 0.700 bits per heavy atom. The number of hydrogen-bond donors (Lipinski definition) is 0. The Bertz CT molecular complexity index is 2140. The third-order valence-corrected chi connectivity index (χ3v) is 7.84. The molecule has 186 valence electrons. The highest BCUT2D eigenvalue weighted by molar-refractivity contribution is 6.21. The van der Waals surface area contributed by atoms with Crippen LogP contribution in [0.15, 0.2) is 146 Å². The Kier molecular flexibility index (Phi) is 5.17. The van der Waals surface area contributed by atoms with E-state index < -0.39 is 0 Å². The second-order valence-corrected chi connectivity index (χ2v) is 10.2. The molecule has 0 amide bonds. The molecule has 0 aliphatic heterocycles. The molecule has 0 aliphatic rings. The van der Waals surface area contributed by atoms with E-state index >= 15 is 0 Å². The van der Waals surface area contributed by atoms with E-state index in [1.807, 2.05) is 6.07 Å². The Labute approximate surface area is 232 Å². The Hall–Kier alpha value is -5.34. The van der Waals surface area contributed by atoms with Crippen molar-refractivity contribution in [2.45, 2.75) is 0 Å². The fourth-order valence-electron chi connectivity index (χ4n) is 6.00. The van der Waals surface area contributed by atoms with Crippen LogP contribution in [0, 0.1) is 0 Å². The molecule has 0 N–H and O–H groups in total. The first-order valence-corrected chi connectivity index (χ1v) is 13.6. The molecule has 8 rings (SSSR count). The molecule has 2 nitrogen and oxygen atoms in total. The highest BCUT2D eigenvalue weighted by Gasteiger charge is 2.18. The van der Waals surface area contributed by atoms with Gasteiger partial charge in [-0.05, 0) is 44.8 Å². The molecule has 0 radical (unpaired) electrons. The molecule has 8 aromatic rings. The van der Waals surface area contributed by atoms with Crippen LogP contribution in [-0.2, 0) is 0 Å². The molecule has 0 atom stereocenters. The highest BCUT2D eigenvalue weighted by atomic mass is 14.8. The number of benzene rings is 6. The van der Waals surface area contributed by atoms with Crippen molar-refractivity contribution >= 4 is 43.4 Å². The maximum absolute atomic E-state index is 5.35. The molecule has 0 saturated heterocycles. The van der Waals surface area contributed by atoms with E-state index in [-0.39, 0.29) is 0 Å². The number of aromatic nitrogens is 2. The summed E-state index contributed by atoms with van der Waals surface area (Å²) < 4.78 is 0. The molecule has 0 aliphatic carbocycles. The van der Waals surface area contributed by atoms with Crippen LogP contribution in [-0.4, -0.2) is 9.97 Å². The van der Waals surface area contributed by atoms with Gasteiger partial charge in [-0.1, -0.05) is 133 Å². The lowest BCUT2D eigenvalue weighted by atomic mass is 9.87. The summed E-state index contributed by atoms with van der Waals surface area (Å²) in [6.07, 6.45) is 0. The summed E-state index contributed by atoms with van der Waals surface area (Å²) in [6.45, 7) is 0. The van der Waals surface area contributed by atoms with Crippen molar-refractivity contribution in [3.8, 4) is 33.6 Å². The molecule has 2 aromatic heterocycles. The van der Waals surface area contributed by atoms with Crippen LogP contribution in [0.3, 0.4) is 0 Å². The lowest BCUT2D eigenvalue weighted by Gasteiger charge is -2.17. The maximum atomic E-state index is 5.35. The summed E-state index contributed by atoms with van der Waals surface area (Å²) in [6, 6.07) is 51.3. The zero-order valence-corrected chi connectivity index (χ0v) is 21.8. The van der Waals surface area contributed by atoms with Crippen molar-refractivity contribution in [3.05, 3.63) is 146 Å². The summed E-state index contributed by atoms with van der Waals surface area (Å²) in [5.41, 5.74) is 8.50. The fraction of sp³-hybridized carbons (Fsp3) is 0. The SMILES string of the molecule is c1ccc(-c2ccc3ccc4ccc(-c5c6ccccc6c(-c6ccccc6)c6ccccc56)nc4c3n2)cc1. The summed E-state index contributed by atoms with van der Waals surface area (Å²) in [5, 5.41) is 7.03. The normalized spacial score (nSPS) is 11.5. The molecular formula is C38H24N2. The molecule has 6 aromatic carbocycles. The van der Waals surface area contributed by atoms with Gasteiger partial charge in [-0.15, -0.1) is 0 Å². The smallest absolute Gasteiger partial charge is 0.0972 e. The second-order valence-electron chi connectivity index (χ2n) is 10.2. The Morgan fingerprint density at radius 3 is 1.25 bits per heavy atom. The Balaban J connectivity index is 1.45. The largest absolute Gasteiger partial charge is 0.245 e. The second kappa shape index (κ2) is 9.14. The van der Waals surface area contributed by atoms with Gasteiger partial charge in [0, 0.05) is 21.9 Å². The average molecular weight is 509 g/mol. The maximum Gasteiger partial charge on any atom is 0.0972 e. The zero-order valence-electron chi connectivity index (χ0n) is 21.8. The molecular weight excluding hydrogens is 484 g/mol. The first-order chi connectivity index (χ1) is 19.8. The van der Waals surface area contributed by atoms with E-state index in [0.717, 1.165) is 44.3 Å². The molecule has 0 bridgehead atoms. The van der Waals surface area contributed by atoms with Crippen molar-refractivity contribution in [3.63, 3.8) is 0 Å². The predicted octanol–water partition coefficient (Wildman–Crippen LogP) is 10.1. The standard InChI is InChI=1S/C38H24N2/c1-3-11-25(12-4-1)33-23-21-27-19-20-28-22-24-34(40-38(28)37(27)39-33)36-31-17-9-7-15-29(31)35(26-13-5-2-6-14-26)30-16-8-10-18-32(30)36/h1-24H. The summed E-state index contributed by atoms with van der Waals surface area (Å²) in [4.78, 5) is 10.5. The summed E-state index contributed by atoms with van der Waals surface area (Å²) >= 11 is 0. The number of hydrogen-bond acceptors (Lipinski definition) is 2. The van der Waals surface area contributed by atoms with Crippen LogP contribution in [0.25, 0.3) is 77.0 Å². The van der Waals surface area contributed by atoms with Crippen LogP contribution in [0.5, 0.6) is 0 Å². The van der Waals surface area contributed by atoms with Gasteiger partial charge in [0.05, 0.1) is 22.4 Å². The number of rotatable bonds is 3. The number of nitrogens with zero attached hydrogens (tertiary/aromatic N) is 2. The van der Waals surface area contributed by atoms with Gasteiger partial charge in [0.2, 0.25) is 0 Å². The van der Waals surface area contributed by atoms with Gasteiger partial charge in [0.25, 0.3) is 0 Å². The fourth-order valence-corrected chi connectivity index (χ4v) is 6.00. The molecule has 0 spiro atoms. The van der Waals surface area contributed by atoms with Gasteiger partial charge in [-0.25, -0.2) is 9.97 Å². The predicted molar refractivity (Wildman–Crippen MR) is 168 cm³/mol. The van der Waals surface area contributed by atoms with Gasteiger partial charge < -0.3 is 0 Å². The minimum atomic E-state index is 0.924. The lowest BCUT2D eigenvalue weighted by Crippen LogP contribution is -1.94. The molecule has 0 fully saturated rings. The number of fused-ring (bicyclic) bond motifs is 5. The number of pyridine rings is 2. The molecule has 2 heteroatoms. The van der Waals surface area contributed by atoms with Crippen molar-refractivity contribution in [1.29, 1.82) is 0 Å². The highest BCUT2D eigenvalue weighted by Crippen LogP contribution is 2.43. The van der Waals surface area contributed by atoms with Crippen LogP contribution in [0.1, 0.15) is 0 Å². The summed E-state index contributed by atoms with van der Waals surface area (Å²) in [5.74, 6) is 0. The molecule has 0 saturated carbocycles. The van der Waals surface area contributed by atoms with Crippen LogP contribution < -0.4 is 0 Å². The third-order valence-electron chi connectivity index (χ3n) is 7.84. The molecule has 0 unspecified atom stereocenters. The monoisotopic (exact) mass is 508 g/mol. The van der Waals surface area contributed by atoms with E-state index in [9.17, 15) is 0 Å². The van der Waals surface area contributed by atoms with Gasteiger partial charge in [0.1, 0.15) is 0 Å². The van der Waals surface area contributed by atoms with Crippen LogP contribution in [0.2, 0.25) is 0 Å². The lowest BCUT2D eigenvalue weighted by molar-refractivity contribution is 1.37. The Morgan fingerprint density at radius 1 is 0.300 bits per heavy atom. The van der Waals surface area contributed by atoms with Crippen molar-refractivity contribution in [2.24, 2.45) is 0 Å². The van der Waals surface area contributed by atoms with Crippen LogP contribution in [0.4, 0.5) is 0 Å². The quantitative estimate of drug-likeness (QED) is 0.175. The van der Waals surface area contributed by atoms with Gasteiger partial charge in [-0.2, -0.15) is 0 Å². The zero-order chi connectivity index (χ0) is 26.5. The summed E-state index contributed by atoms with van der Waals surface area (Å²) in [7, 11) is 0. The van der Waals surface area contributed by atoms with E-state index in [1.165, 1.54) is 32.7 Å². The molecule has 40 heavy (non-hydrogen) atoms. The van der Waals surface area contributed by atoms with Crippen molar-refractivity contribution < 1.29 is 0 Å². The minimum Gasteiger partial charge on any atom is -0.245 e. The van der Waals surface area contributed by atoms with Gasteiger partial charge >= 0.3 is 0 Å². The van der Waals surface area contributed by atoms with E-state index in [1.54, 1.807) is 0 Å². The topological polar surface area (TPSA) is 25.8 Å². The minimum absolute atomic E-state index is 0.924. The van der Waals surface area contributed by atoms with E-state index in [4.69, 9.17) is 9.97 Å². The van der Waals surface area contributed by atoms with Gasteiger partial charge in [-0.3, -0.25) is 0 Å². The van der Waals surface area contributed by atoms with Gasteiger partial charge in [0.15, 0.2) is 0 Å². The first kappa shape index (κ1) is 22.6. The van der Waals surface area contributed by atoms with Crippen LogP contribution >= 0.6 is 0 Å². The third kappa shape index (κ3) is 3.58. The van der Waals surface area contributed by atoms with Crippen molar-refractivity contribution in [1.82, 2.24) is 9.97 Å². The van der Waals surface area contributed by atoms with Crippen molar-refractivity contribution in [2.75, 3.05) is 0 Å².